The van der Waals surface area contributed by atoms with Crippen LogP contribution in [0, 0.1) is 11.3 Å². The molecule has 2 amide bonds. The number of nitrogens with one attached hydrogen (secondary N) is 2. The van der Waals surface area contributed by atoms with Crippen LogP contribution in [0.5, 0.6) is 5.75 Å². The third-order valence-corrected chi connectivity index (χ3v) is 6.38. The molecule has 4 fully saturated rings. The van der Waals surface area contributed by atoms with Crippen LogP contribution in [0.3, 0.4) is 0 Å². The summed E-state index contributed by atoms with van der Waals surface area (Å²) in [6, 6.07) is 7.54. The van der Waals surface area contributed by atoms with E-state index in [-0.39, 0.29) is 29.3 Å². The van der Waals surface area contributed by atoms with Gasteiger partial charge in [0.2, 0.25) is 5.91 Å². The highest BCUT2D eigenvalue weighted by Gasteiger charge is 2.58. The van der Waals surface area contributed by atoms with Crippen molar-refractivity contribution in [1.29, 1.82) is 0 Å². The Hall–Kier alpha value is -2.34. The summed E-state index contributed by atoms with van der Waals surface area (Å²) in [5.74, 6) is 1.09. The summed E-state index contributed by atoms with van der Waals surface area (Å²) in [5.41, 5.74) is 0.228. The van der Waals surface area contributed by atoms with E-state index in [2.05, 4.69) is 10.6 Å². The number of carbonyl (C=O) groups is 2. The van der Waals surface area contributed by atoms with Crippen LogP contribution < -0.4 is 15.4 Å². The van der Waals surface area contributed by atoms with Crippen molar-refractivity contribution < 1.29 is 14.3 Å². The molecule has 3 saturated heterocycles. The van der Waals surface area contributed by atoms with Gasteiger partial charge in [-0.25, -0.2) is 0 Å². The van der Waals surface area contributed by atoms with Gasteiger partial charge in [0.1, 0.15) is 12.4 Å². The Morgan fingerprint density at radius 3 is 2.81 bits per heavy atom. The number of hydrogen-bond acceptors (Lipinski definition) is 4. The molecule has 1 saturated carbocycles. The molecule has 3 atom stereocenters. The number of nitrogens with zero attached hydrogens (tertiary/aromatic N) is 1. The van der Waals surface area contributed by atoms with Crippen molar-refractivity contribution in [2.45, 2.75) is 24.9 Å². The van der Waals surface area contributed by atoms with Crippen LogP contribution in [0.4, 0.5) is 0 Å². The highest BCUT2D eigenvalue weighted by atomic mass is 16.5. The maximum atomic E-state index is 13.2. The van der Waals surface area contributed by atoms with Crippen molar-refractivity contribution in [2.24, 2.45) is 11.3 Å². The van der Waals surface area contributed by atoms with E-state index < -0.39 is 0 Å². The number of benzene rings is 1. The Morgan fingerprint density at radius 2 is 2.00 bits per heavy atom. The molecule has 2 N–H and O–H groups in total. The molecule has 136 valence electrons. The molecule has 26 heavy (non-hydrogen) atoms. The van der Waals surface area contributed by atoms with Crippen LogP contribution in [0.15, 0.2) is 36.4 Å². The molecule has 4 heterocycles. The number of para-hydroxylation sites is 1. The largest absolute Gasteiger partial charge is 0.489 e. The molecule has 5 aliphatic rings. The smallest absolute Gasteiger partial charge is 0.255 e. The molecule has 6 heteroatoms. The van der Waals surface area contributed by atoms with E-state index in [9.17, 15) is 9.59 Å². The lowest BCUT2D eigenvalue weighted by atomic mass is 9.76. The molecule has 4 bridgehead atoms. The standard InChI is InChI=1S/C20H23N3O3/c24-18-14-5-1-2-6-16(14)26-8-4-3-7-20(11-21-12-20)19(25)23-10-13-9-15(23)17(13)22-18/h1-6,13,15,17,21H,7-12H2,(H,22,24)/b4-3-. The van der Waals surface area contributed by atoms with Gasteiger partial charge in [0.15, 0.2) is 0 Å². The number of fused-ring (bicyclic) bond motifs is 1. The van der Waals surface area contributed by atoms with Crippen LogP contribution in [-0.2, 0) is 4.79 Å². The second kappa shape index (κ2) is 5.84. The SMILES string of the molecule is O=C1NC2C3CC2N(C3)C(=O)C2(C/C=C\COc3ccccc31)CNC2. The number of ether oxygens (including phenoxy) is 1. The van der Waals surface area contributed by atoms with Gasteiger partial charge >= 0.3 is 0 Å². The molecule has 0 aromatic heterocycles. The highest BCUT2D eigenvalue weighted by Crippen LogP contribution is 2.44. The van der Waals surface area contributed by atoms with Gasteiger partial charge < -0.3 is 20.3 Å². The summed E-state index contributed by atoms with van der Waals surface area (Å²) in [7, 11) is 0. The predicted octanol–water partition coefficient (Wildman–Crippen LogP) is 0.944. The van der Waals surface area contributed by atoms with Crippen molar-refractivity contribution in [3.63, 3.8) is 0 Å². The molecule has 3 unspecified atom stereocenters. The first-order valence-corrected chi connectivity index (χ1v) is 9.37. The molecular weight excluding hydrogens is 330 g/mol. The van der Waals surface area contributed by atoms with E-state index in [0.717, 1.165) is 32.5 Å². The van der Waals surface area contributed by atoms with E-state index in [1.807, 2.05) is 35.3 Å². The molecule has 6 rings (SSSR count). The molecule has 1 aliphatic carbocycles. The highest BCUT2D eigenvalue weighted by molar-refractivity contribution is 5.97. The fourth-order valence-electron chi connectivity index (χ4n) is 4.70. The molecule has 1 aromatic carbocycles. The van der Waals surface area contributed by atoms with Crippen LogP contribution in [0.25, 0.3) is 0 Å². The van der Waals surface area contributed by atoms with Gasteiger partial charge in [0, 0.05) is 25.6 Å². The minimum absolute atomic E-state index is 0.0584. The second-order valence-electron chi connectivity index (χ2n) is 7.89. The van der Waals surface area contributed by atoms with Crippen molar-refractivity contribution in [3.8, 4) is 5.75 Å². The molecule has 1 aromatic rings. The van der Waals surface area contributed by atoms with Gasteiger partial charge in [0.05, 0.1) is 23.1 Å². The number of hydrogen-bond donors (Lipinski definition) is 2. The summed E-state index contributed by atoms with van der Waals surface area (Å²) in [6.45, 7) is 2.61. The lowest BCUT2D eigenvalue weighted by Gasteiger charge is -2.45. The zero-order valence-corrected chi connectivity index (χ0v) is 14.6. The number of amides is 2. The lowest BCUT2D eigenvalue weighted by molar-refractivity contribution is -0.145. The molecule has 6 nitrogen and oxygen atoms in total. The average Bonchev–Trinajstić information content (AvgIpc) is 3.20. The minimum atomic E-state index is -0.329. The second-order valence-corrected chi connectivity index (χ2v) is 7.89. The Morgan fingerprint density at radius 1 is 1.15 bits per heavy atom. The van der Waals surface area contributed by atoms with Gasteiger partial charge in [-0.1, -0.05) is 24.3 Å². The predicted molar refractivity (Wildman–Crippen MR) is 95.9 cm³/mol. The lowest BCUT2D eigenvalue weighted by Crippen LogP contribution is -2.63. The Balaban J connectivity index is 1.47. The first-order chi connectivity index (χ1) is 12.7. The Kier molecular flexibility index (Phi) is 3.57. The summed E-state index contributed by atoms with van der Waals surface area (Å²) in [4.78, 5) is 28.0. The summed E-state index contributed by atoms with van der Waals surface area (Å²) >= 11 is 0. The normalized spacial score (nSPS) is 33.2. The van der Waals surface area contributed by atoms with Gasteiger partial charge in [-0.3, -0.25) is 9.59 Å². The molecule has 1 spiro atoms. The fraction of sp³-hybridized carbons (Fsp3) is 0.500. The van der Waals surface area contributed by atoms with Crippen molar-refractivity contribution in [1.82, 2.24) is 15.5 Å². The number of allylic oxidation sites excluding steroid dienone is 1. The third-order valence-electron chi connectivity index (χ3n) is 6.38. The minimum Gasteiger partial charge on any atom is -0.489 e. The summed E-state index contributed by atoms with van der Waals surface area (Å²) in [5, 5.41) is 6.42. The topological polar surface area (TPSA) is 70.7 Å². The van der Waals surface area contributed by atoms with Crippen molar-refractivity contribution in [3.05, 3.63) is 42.0 Å². The molecule has 0 radical (unpaired) electrons. The number of rotatable bonds is 0. The fourth-order valence-corrected chi connectivity index (χ4v) is 4.70. The van der Waals surface area contributed by atoms with Gasteiger partial charge in [0.25, 0.3) is 5.91 Å². The van der Waals surface area contributed by atoms with Crippen LogP contribution in [0.2, 0.25) is 0 Å². The summed E-state index contributed by atoms with van der Waals surface area (Å²) in [6.07, 6.45) is 5.72. The number of carbonyl (C=O) groups excluding carboxylic acids is 2. The Bertz CT molecular complexity index is 786. The maximum Gasteiger partial charge on any atom is 0.255 e. The quantitative estimate of drug-likeness (QED) is 0.681. The maximum absolute atomic E-state index is 13.2. The zero-order chi connectivity index (χ0) is 17.7. The van der Waals surface area contributed by atoms with E-state index in [4.69, 9.17) is 4.74 Å². The third kappa shape index (κ3) is 2.28. The molecule has 4 aliphatic heterocycles. The van der Waals surface area contributed by atoms with Crippen molar-refractivity contribution in [2.75, 3.05) is 26.2 Å². The van der Waals surface area contributed by atoms with E-state index in [1.165, 1.54) is 0 Å². The van der Waals surface area contributed by atoms with E-state index in [0.29, 0.717) is 23.8 Å². The van der Waals surface area contributed by atoms with Gasteiger partial charge in [-0.05, 0) is 25.0 Å². The van der Waals surface area contributed by atoms with E-state index >= 15 is 0 Å². The van der Waals surface area contributed by atoms with Crippen LogP contribution >= 0.6 is 0 Å². The van der Waals surface area contributed by atoms with E-state index in [1.54, 1.807) is 6.07 Å². The average molecular weight is 353 g/mol. The van der Waals surface area contributed by atoms with Crippen LogP contribution in [-0.4, -0.2) is 55.0 Å². The van der Waals surface area contributed by atoms with Gasteiger partial charge in [-0.2, -0.15) is 0 Å². The Labute approximate surface area is 152 Å². The van der Waals surface area contributed by atoms with Crippen molar-refractivity contribution >= 4 is 11.8 Å². The van der Waals surface area contributed by atoms with Crippen LogP contribution in [0.1, 0.15) is 23.2 Å². The first kappa shape index (κ1) is 15.9. The van der Waals surface area contributed by atoms with Gasteiger partial charge in [-0.15, -0.1) is 0 Å². The summed E-state index contributed by atoms with van der Waals surface area (Å²) < 4.78 is 5.81. The zero-order valence-electron chi connectivity index (χ0n) is 14.6. The first-order valence-electron chi connectivity index (χ1n) is 9.37. The molecular formula is C20H23N3O3. The monoisotopic (exact) mass is 353 g/mol.